The Bertz CT molecular complexity index is 234. The van der Waals surface area contributed by atoms with Crippen LogP contribution in [0.15, 0.2) is 12.4 Å². The van der Waals surface area contributed by atoms with Gasteiger partial charge < -0.3 is 15.0 Å². The molecular weight excluding hydrogens is 154 g/mol. The summed E-state index contributed by atoms with van der Waals surface area (Å²) in [6, 6.07) is 0. The highest BCUT2D eigenvalue weighted by Gasteiger charge is 2.18. The van der Waals surface area contributed by atoms with Crippen LogP contribution in [0.3, 0.4) is 0 Å². The summed E-state index contributed by atoms with van der Waals surface area (Å²) in [5, 5.41) is 9.40. The molecule has 2 heterocycles. The van der Waals surface area contributed by atoms with E-state index < -0.39 is 0 Å². The molecule has 1 saturated heterocycles. The number of nitrogens with zero attached hydrogens (tertiary/aromatic N) is 2. The average molecular weight is 167 g/mol. The number of nitrogens with one attached hydrogen (secondary N) is 1. The lowest BCUT2D eigenvalue weighted by Crippen LogP contribution is -2.38. The minimum Gasteiger partial charge on any atom is -0.391 e. The van der Waals surface area contributed by atoms with E-state index in [4.69, 9.17) is 0 Å². The van der Waals surface area contributed by atoms with Gasteiger partial charge in [0.1, 0.15) is 0 Å². The van der Waals surface area contributed by atoms with E-state index in [9.17, 15) is 5.11 Å². The molecule has 0 radical (unpaired) electrons. The van der Waals surface area contributed by atoms with E-state index >= 15 is 0 Å². The summed E-state index contributed by atoms with van der Waals surface area (Å²) < 4.78 is 0. The topological polar surface area (TPSA) is 52.1 Å². The van der Waals surface area contributed by atoms with E-state index in [2.05, 4.69) is 14.9 Å². The minimum absolute atomic E-state index is 0.191. The molecule has 4 nitrogen and oxygen atoms in total. The van der Waals surface area contributed by atoms with Crippen LogP contribution < -0.4 is 4.90 Å². The van der Waals surface area contributed by atoms with Crippen LogP contribution in [0.4, 0.5) is 5.95 Å². The molecule has 1 unspecified atom stereocenters. The molecule has 0 amide bonds. The predicted octanol–water partition coefficient (Wildman–Crippen LogP) is 0.371. The Morgan fingerprint density at radius 3 is 3.25 bits per heavy atom. The van der Waals surface area contributed by atoms with Crippen LogP contribution in [0, 0.1) is 0 Å². The minimum atomic E-state index is -0.191. The molecule has 1 aliphatic heterocycles. The normalized spacial score (nSPS) is 24.4. The van der Waals surface area contributed by atoms with Crippen LogP contribution in [-0.4, -0.2) is 34.3 Å². The number of aromatic amines is 1. The molecule has 1 aliphatic rings. The van der Waals surface area contributed by atoms with Gasteiger partial charge in [-0.05, 0) is 12.8 Å². The van der Waals surface area contributed by atoms with Crippen LogP contribution >= 0.6 is 0 Å². The summed E-state index contributed by atoms with van der Waals surface area (Å²) in [5.41, 5.74) is 0. The quantitative estimate of drug-likeness (QED) is 0.635. The van der Waals surface area contributed by atoms with Gasteiger partial charge in [-0.2, -0.15) is 0 Å². The molecule has 0 bridgehead atoms. The number of piperidine rings is 1. The highest BCUT2D eigenvalue weighted by atomic mass is 16.3. The van der Waals surface area contributed by atoms with E-state index in [0.29, 0.717) is 6.54 Å². The molecule has 66 valence electrons. The third kappa shape index (κ3) is 1.43. The van der Waals surface area contributed by atoms with Crippen LogP contribution in [-0.2, 0) is 0 Å². The fourth-order valence-corrected chi connectivity index (χ4v) is 1.58. The zero-order valence-corrected chi connectivity index (χ0v) is 6.90. The van der Waals surface area contributed by atoms with Gasteiger partial charge in [0.25, 0.3) is 0 Å². The Kier molecular flexibility index (Phi) is 1.99. The van der Waals surface area contributed by atoms with E-state index in [1.807, 2.05) is 0 Å². The van der Waals surface area contributed by atoms with Crippen LogP contribution in [0.2, 0.25) is 0 Å². The summed E-state index contributed by atoms with van der Waals surface area (Å²) in [4.78, 5) is 9.24. The zero-order chi connectivity index (χ0) is 8.39. The maximum atomic E-state index is 9.40. The fraction of sp³-hybridized carbons (Fsp3) is 0.625. The van der Waals surface area contributed by atoms with Gasteiger partial charge in [0.15, 0.2) is 0 Å². The van der Waals surface area contributed by atoms with Gasteiger partial charge in [0.2, 0.25) is 5.95 Å². The number of aromatic nitrogens is 2. The first-order chi connectivity index (χ1) is 5.86. The van der Waals surface area contributed by atoms with Crippen LogP contribution in [0.5, 0.6) is 0 Å². The number of anilines is 1. The van der Waals surface area contributed by atoms with Crippen molar-refractivity contribution in [3.05, 3.63) is 12.4 Å². The number of hydrogen-bond donors (Lipinski definition) is 2. The lowest BCUT2D eigenvalue weighted by Gasteiger charge is -2.29. The fourth-order valence-electron chi connectivity index (χ4n) is 1.58. The number of rotatable bonds is 1. The largest absolute Gasteiger partial charge is 0.391 e. The van der Waals surface area contributed by atoms with Crippen molar-refractivity contribution in [3.8, 4) is 0 Å². The van der Waals surface area contributed by atoms with E-state index in [1.54, 1.807) is 12.4 Å². The first kappa shape index (κ1) is 7.61. The van der Waals surface area contributed by atoms with Gasteiger partial charge >= 0.3 is 0 Å². The smallest absolute Gasteiger partial charge is 0.202 e. The molecule has 0 aliphatic carbocycles. The van der Waals surface area contributed by atoms with Crippen LogP contribution in [0.1, 0.15) is 12.8 Å². The van der Waals surface area contributed by atoms with Gasteiger partial charge in [-0.15, -0.1) is 0 Å². The van der Waals surface area contributed by atoms with E-state index in [-0.39, 0.29) is 6.10 Å². The first-order valence-electron chi connectivity index (χ1n) is 4.28. The summed E-state index contributed by atoms with van der Waals surface area (Å²) in [6.07, 6.45) is 5.30. The molecule has 1 aromatic rings. The van der Waals surface area contributed by atoms with Crippen molar-refractivity contribution < 1.29 is 5.11 Å². The Morgan fingerprint density at radius 1 is 1.67 bits per heavy atom. The average Bonchev–Trinajstić information content (AvgIpc) is 2.56. The van der Waals surface area contributed by atoms with Crippen molar-refractivity contribution in [2.24, 2.45) is 0 Å². The summed E-state index contributed by atoms with van der Waals surface area (Å²) in [6.45, 7) is 1.69. The number of imidazole rings is 1. The third-order valence-electron chi connectivity index (χ3n) is 2.18. The lowest BCUT2D eigenvalue weighted by molar-refractivity contribution is 0.153. The maximum absolute atomic E-state index is 9.40. The van der Waals surface area contributed by atoms with Gasteiger partial charge in [-0.25, -0.2) is 4.98 Å². The number of aliphatic hydroxyl groups is 1. The second-order valence-corrected chi connectivity index (χ2v) is 3.15. The molecule has 4 heteroatoms. The molecule has 2 N–H and O–H groups in total. The lowest BCUT2D eigenvalue weighted by atomic mass is 10.1. The van der Waals surface area contributed by atoms with Gasteiger partial charge in [-0.3, -0.25) is 0 Å². The van der Waals surface area contributed by atoms with Gasteiger partial charge in [0.05, 0.1) is 6.10 Å². The molecule has 2 rings (SSSR count). The van der Waals surface area contributed by atoms with E-state index in [1.165, 1.54) is 0 Å². The molecule has 12 heavy (non-hydrogen) atoms. The Hall–Kier alpha value is -1.03. The van der Waals surface area contributed by atoms with Gasteiger partial charge in [0, 0.05) is 25.5 Å². The van der Waals surface area contributed by atoms with Crippen molar-refractivity contribution in [1.29, 1.82) is 0 Å². The molecule has 0 spiro atoms. The third-order valence-corrected chi connectivity index (χ3v) is 2.18. The zero-order valence-electron chi connectivity index (χ0n) is 6.90. The molecular formula is C8H13N3O. The number of aliphatic hydroxyl groups excluding tert-OH is 1. The molecule has 0 saturated carbocycles. The number of β-amino-alcohol motifs (C(OH)–C–C–N with tert-alkyl or cyclic N) is 1. The highest BCUT2D eigenvalue weighted by molar-refractivity contribution is 5.29. The molecule has 1 fully saturated rings. The number of H-pyrrole nitrogens is 1. The number of hydrogen-bond acceptors (Lipinski definition) is 3. The van der Waals surface area contributed by atoms with Crippen molar-refractivity contribution >= 4 is 5.95 Å². The second-order valence-electron chi connectivity index (χ2n) is 3.15. The van der Waals surface area contributed by atoms with Crippen LogP contribution in [0.25, 0.3) is 0 Å². The highest BCUT2D eigenvalue weighted by Crippen LogP contribution is 2.14. The molecule has 0 aromatic carbocycles. The maximum Gasteiger partial charge on any atom is 0.202 e. The van der Waals surface area contributed by atoms with Crippen molar-refractivity contribution in [2.45, 2.75) is 18.9 Å². The van der Waals surface area contributed by atoms with Gasteiger partial charge in [-0.1, -0.05) is 0 Å². The summed E-state index contributed by atoms with van der Waals surface area (Å²) in [7, 11) is 0. The Labute approximate surface area is 71.2 Å². The second kappa shape index (κ2) is 3.15. The van der Waals surface area contributed by atoms with E-state index in [0.717, 1.165) is 25.3 Å². The van der Waals surface area contributed by atoms with Crippen molar-refractivity contribution in [1.82, 2.24) is 9.97 Å². The SMILES string of the molecule is OC1CCCN(c2ncc[nH]2)C1. The first-order valence-corrected chi connectivity index (χ1v) is 4.28. The van der Waals surface area contributed by atoms with Crippen molar-refractivity contribution in [3.63, 3.8) is 0 Å². The Morgan fingerprint density at radius 2 is 2.58 bits per heavy atom. The predicted molar refractivity (Wildman–Crippen MR) is 46.0 cm³/mol. The molecule has 1 aromatic heterocycles. The summed E-state index contributed by atoms with van der Waals surface area (Å²) >= 11 is 0. The molecule has 1 atom stereocenters. The monoisotopic (exact) mass is 167 g/mol. The standard InChI is InChI=1S/C8H13N3O/c12-7-2-1-5-11(6-7)8-9-3-4-10-8/h3-4,7,12H,1-2,5-6H2,(H,9,10). The van der Waals surface area contributed by atoms with Crippen molar-refractivity contribution in [2.75, 3.05) is 18.0 Å². The summed E-state index contributed by atoms with van der Waals surface area (Å²) in [5.74, 6) is 0.869. The Balaban J connectivity index is 2.04.